The molecule has 0 unspecified atom stereocenters. The quantitative estimate of drug-likeness (QED) is 0.623. The highest BCUT2D eigenvalue weighted by atomic mass is 32.1. The van der Waals surface area contributed by atoms with Crippen molar-refractivity contribution in [1.29, 1.82) is 0 Å². The first-order valence-corrected chi connectivity index (χ1v) is 9.57. The largest absolute Gasteiger partial charge is 0.469 e. The van der Waals surface area contributed by atoms with Crippen molar-refractivity contribution in [1.82, 2.24) is 5.32 Å². The molecule has 0 aliphatic rings. The number of esters is 1. The molecule has 1 aromatic heterocycles. The maximum Gasteiger partial charge on any atom is 0.307 e. The van der Waals surface area contributed by atoms with Crippen LogP contribution >= 0.6 is 11.3 Å². The molecule has 0 saturated carbocycles. The van der Waals surface area contributed by atoms with Crippen molar-refractivity contribution in [3.8, 4) is 0 Å². The fourth-order valence-corrected chi connectivity index (χ4v) is 3.78. The fourth-order valence-electron chi connectivity index (χ4n) is 3.00. The smallest absolute Gasteiger partial charge is 0.307 e. The van der Waals surface area contributed by atoms with Crippen molar-refractivity contribution < 1.29 is 14.3 Å². The van der Waals surface area contributed by atoms with E-state index >= 15 is 0 Å². The van der Waals surface area contributed by atoms with Crippen LogP contribution in [0.3, 0.4) is 0 Å². The van der Waals surface area contributed by atoms with Gasteiger partial charge in [0.05, 0.1) is 25.5 Å². The zero-order valence-corrected chi connectivity index (χ0v) is 15.8. The first-order valence-electron chi connectivity index (χ1n) is 8.69. The number of amides is 1. The summed E-state index contributed by atoms with van der Waals surface area (Å²) in [6, 6.07) is 22.7. The molecule has 5 heteroatoms. The lowest BCUT2D eigenvalue weighted by molar-refractivity contribution is -0.141. The van der Waals surface area contributed by atoms with Crippen molar-refractivity contribution >= 4 is 23.2 Å². The minimum atomic E-state index is -0.451. The Bertz CT molecular complexity index is 824. The lowest BCUT2D eigenvalue weighted by Gasteiger charge is -2.22. The van der Waals surface area contributed by atoms with E-state index in [0.717, 1.165) is 16.0 Å². The summed E-state index contributed by atoms with van der Waals surface area (Å²) in [5.41, 5.74) is 1.81. The van der Waals surface area contributed by atoms with Crippen LogP contribution in [0.25, 0.3) is 0 Å². The summed E-state index contributed by atoms with van der Waals surface area (Å²) in [4.78, 5) is 26.0. The summed E-state index contributed by atoms with van der Waals surface area (Å²) in [5.74, 6) is -0.952. The van der Waals surface area contributed by atoms with Gasteiger partial charge < -0.3 is 10.1 Å². The molecule has 1 amide bonds. The van der Waals surface area contributed by atoms with Gasteiger partial charge in [-0.25, -0.2) is 0 Å². The molecular weight excluding hydrogens is 358 g/mol. The van der Waals surface area contributed by atoms with Crippen LogP contribution in [0.2, 0.25) is 0 Å². The van der Waals surface area contributed by atoms with E-state index in [-0.39, 0.29) is 18.3 Å². The Morgan fingerprint density at radius 1 is 0.926 bits per heavy atom. The van der Waals surface area contributed by atoms with E-state index in [0.29, 0.717) is 0 Å². The molecule has 1 heterocycles. The Morgan fingerprint density at radius 2 is 1.52 bits per heavy atom. The van der Waals surface area contributed by atoms with Gasteiger partial charge >= 0.3 is 5.97 Å². The van der Waals surface area contributed by atoms with E-state index in [2.05, 4.69) is 5.32 Å². The van der Waals surface area contributed by atoms with E-state index in [9.17, 15) is 9.59 Å². The molecule has 3 rings (SSSR count). The average molecular weight is 379 g/mol. The maximum atomic E-state index is 13.3. The molecule has 1 atom stereocenters. The fraction of sp³-hybridized carbons (Fsp3) is 0.182. The number of rotatable bonds is 7. The predicted molar refractivity (Wildman–Crippen MR) is 107 cm³/mol. The SMILES string of the molecule is COC(=O)C[C@H](NC(=O)C(c1ccccc1)c1ccccc1)c1cccs1. The van der Waals surface area contributed by atoms with Crippen LogP contribution in [0, 0.1) is 0 Å². The summed E-state index contributed by atoms with van der Waals surface area (Å²) < 4.78 is 4.80. The van der Waals surface area contributed by atoms with E-state index in [4.69, 9.17) is 4.74 Å². The van der Waals surface area contributed by atoms with Crippen molar-refractivity contribution in [3.63, 3.8) is 0 Å². The first-order chi connectivity index (χ1) is 13.2. The van der Waals surface area contributed by atoms with Gasteiger partial charge in [0, 0.05) is 4.88 Å². The molecule has 0 radical (unpaired) electrons. The molecule has 4 nitrogen and oxygen atoms in total. The zero-order valence-electron chi connectivity index (χ0n) is 15.0. The van der Waals surface area contributed by atoms with Gasteiger partial charge in [-0.15, -0.1) is 11.3 Å². The van der Waals surface area contributed by atoms with Gasteiger partial charge in [-0.3, -0.25) is 9.59 Å². The third-order valence-corrected chi connectivity index (χ3v) is 5.32. The van der Waals surface area contributed by atoms with Gasteiger partial charge in [-0.05, 0) is 22.6 Å². The summed E-state index contributed by atoms with van der Waals surface area (Å²) >= 11 is 1.51. The highest BCUT2D eigenvalue weighted by molar-refractivity contribution is 7.10. The van der Waals surface area contributed by atoms with E-state index in [1.807, 2.05) is 78.2 Å². The number of hydrogen-bond acceptors (Lipinski definition) is 4. The predicted octanol–water partition coefficient (Wildman–Crippen LogP) is 4.30. The number of nitrogens with one attached hydrogen (secondary N) is 1. The number of ether oxygens (including phenoxy) is 1. The summed E-state index contributed by atoms with van der Waals surface area (Å²) in [6.07, 6.45) is 0.0963. The summed E-state index contributed by atoms with van der Waals surface area (Å²) in [7, 11) is 1.35. The number of carbonyl (C=O) groups excluding carboxylic acids is 2. The summed E-state index contributed by atoms with van der Waals surface area (Å²) in [5, 5.41) is 4.98. The molecule has 2 aromatic carbocycles. The maximum absolute atomic E-state index is 13.3. The molecule has 138 valence electrons. The van der Waals surface area contributed by atoms with Crippen LogP contribution in [0.4, 0.5) is 0 Å². The van der Waals surface area contributed by atoms with Gasteiger partial charge in [0.25, 0.3) is 0 Å². The van der Waals surface area contributed by atoms with Gasteiger partial charge in [0.2, 0.25) is 5.91 Å². The highest BCUT2D eigenvalue weighted by Gasteiger charge is 2.27. The van der Waals surface area contributed by atoms with Crippen LogP contribution in [0.5, 0.6) is 0 Å². The molecule has 0 saturated heterocycles. The van der Waals surface area contributed by atoms with Gasteiger partial charge in [-0.2, -0.15) is 0 Å². The van der Waals surface area contributed by atoms with Gasteiger partial charge in [-0.1, -0.05) is 66.7 Å². The van der Waals surface area contributed by atoms with Crippen molar-refractivity contribution in [2.45, 2.75) is 18.4 Å². The summed E-state index contributed by atoms with van der Waals surface area (Å²) in [6.45, 7) is 0. The Balaban J connectivity index is 1.90. The van der Waals surface area contributed by atoms with Crippen LogP contribution in [-0.2, 0) is 14.3 Å². The number of thiophene rings is 1. The third kappa shape index (κ3) is 4.83. The second-order valence-corrected chi connectivity index (χ2v) is 7.09. The Labute approximate surface area is 162 Å². The molecule has 0 aliphatic heterocycles. The Kier molecular flexibility index (Phi) is 6.39. The number of carbonyl (C=O) groups is 2. The van der Waals surface area contributed by atoms with E-state index in [1.54, 1.807) is 0 Å². The lowest BCUT2D eigenvalue weighted by Crippen LogP contribution is -2.34. The Morgan fingerprint density at radius 3 is 2.00 bits per heavy atom. The molecule has 3 aromatic rings. The van der Waals surface area contributed by atoms with Crippen LogP contribution in [0.1, 0.15) is 34.4 Å². The van der Waals surface area contributed by atoms with Crippen LogP contribution in [0.15, 0.2) is 78.2 Å². The van der Waals surface area contributed by atoms with E-state index < -0.39 is 12.0 Å². The molecule has 0 spiro atoms. The number of benzene rings is 2. The molecule has 0 fully saturated rings. The van der Waals surface area contributed by atoms with Crippen molar-refractivity contribution in [3.05, 3.63) is 94.2 Å². The molecule has 1 N–H and O–H groups in total. The van der Waals surface area contributed by atoms with Gasteiger partial charge in [0.1, 0.15) is 0 Å². The van der Waals surface area contributed by atoms with Crippen molar-refractivity contribution in [2.24, 2.45) is 0 Å². The average Bonchev–Trinajstić information content (AvgIpc) is 3.24. The normalized spacial score (nSPS) is 11.8. The molecular formula is C22H21NO3S. The second-order valence-electron chi connectivity index (χ2n) is 6.11. The lowest BCUT2D eigenvalue weighted by atomic mass is 9.90. The Hall–Kier alpha value is -2.92. The van der Waals surface area contributed by atoms with Crippen LogP contribution < -0.4 is 5.32 Å². The monoisotopic (exact) mass is 379 g/mol. The standard InChI is InChI=1S/C22H21NO3S/c1-26-20(24)15-18(19-13-8-14-27-19)23-22(25)21(16-9-4-2-5-10-16)17-11-6-3-7-12-17/h2-14,18,21H,15H2,1H3,(H,23,25)/t18-/m0/s1. The number of hydrogen-bond donors (Lipinski definition) is 1. The number of methoxy groups -OCH3 is 1. The topological polar surface area (TPSA) is 55.4 Å². The van der Waals surface area contributed by atoms with Crippen LogP contribution in [-0.4, -0.2) is 19.0 Å². The van der Waals surface area contributed by atoms with Gasteiger partial charge in [0.15, 0.2) is 0 Å². The minimum Gasteiger partial charge on any atom is -0.469 e. The van der Waals surface area contributed by atoms with E-state index in [1.165, 1.54) is 18.4 Å². The second kappa shape index (κ2) is 9.14. The molecule has 27 heavy (non-hydrogen) atoms. The molecule has 0 aliphatic carbocycles. The first kappa shape index (κ1) is 18.9. The third-order valence-electron chi connectivity index (χ3n) is 4.33. The highest BCUT2D eigenvalue weighted by Crippen LogP contribution is 2.28. The zero-order chi connectivity index (χ0) is 19.1. The molecule has 0 bridgehead atoms. The van der Waals surface area contributed by atoms with Crippen molar-refractivity contribution in [2.75, 3.05) is 7.11 Å². The minimum absolute atomic E-state index is 0.0963.